The lowest BCUT2D eigenvalue weighted by molar-refractivity contribution is -0.120. The van der Waals surface area contributed by atoms with Gasteiger partial charge < -0.3 is 4.74 Å². The number of benzene rings is 1. The van der Waals surface area contributed by atoms with Crippen molar-refractivity contribution in [3.63, 3.8) is 0 Å². The van der Waals surface area contributed by atoms with E-state index in [-0.39, 0.29) is 0 Å². The molecule has 0 heterocycles. The van der Waals surface area contributed by atoms with Gasteiger partial charge in [-0.25, -0.2) is 0 Å². The van der Waals surface area contributed by atoms with Gasteiger partial charge in [0.2, 0.25) is 0 Å². The zero-order valence-electron chi connectivity index (χ0n) is 10.9. The van der Waals surface area contributed by atoms with Crippen LogP contribution in [0.25, 0.3) is 0 Å². The monoisotopic (exact) mass is 232 g/mol. The quantitative estimate of drug-likeness (QED) is 0.779. The summed E-state index contributed by atoms with van der Waals surface area (Å²) in [5.74, 6) is 1.96. The third-order valence-corrected chi connectivity index (χ3v) is 3.70. The fourth-order valence-corrected chi connectivity index (χ4v) is 2.81. The number of carbonyl (C=O) groups is 1. The number of carbonyl (C=O) groups excluding carboxylic acids is 1. The van der Waals surface area contributed by atoms with Gasteiger partial charge in [0.15, 0.2) is 0 Å². The molecule has 0 saturated heterocycles. The van der Waals surface area contributed by atoms with Crippen molar-refractivity contribution in [2.45, 2.75) is 45.4 Å². The zero-order valence-corrected chi connectivity index (χ0v) is 10.9. The zero-order chi connectivity index (χ0) is 12.4. The smallest absolute Gasteiger partial charge is 0.132 e. The Balaban J connectivity index is 2.25. The Bertz CT molecular complexity index is 402. The fraction of sp³-hybridized carbons (Fsp3) is 0.533. The highest BCUT2D eigenvalue weighted by Crippen LogP contribution is 2.35. The lowest BCUT2D eigenvalue weighted by atomic mass is 9.82. The first kappa shape index (κ1) is 12.2. The molecule has 1 saturated carbocycles. The minimum absolute atomic E-state index is 0.420. The predicted octanol–water partition coefficient (Wildman–Crippen LogP) is 3.54. The molecule has 1 aliphatic carbocycles. The Kier molecular flexibility index (Phi) is 3.51. The number of Topliss-reactive ketones (excluding diaryl/α,β-unsaturated/α-hetero) is 1. The minimum atomic E-state index is 0.420. The van der Waals surface area contributed by atoms with Crippen molar-refractivity contribution in [2.75, 3.05) is 7.11 Å². The summed E-state index contributed by atoms with van der Waals surface area (Å²) in [5, 5.41) is 0. The highest BCUT2D eigenvalue weighted by Gasteiger charge is 2.21. The van der Waals surface area contributed by atoms with Crippen LogP contribution in [0, 0.1) is 13.8 Å². The average Bonchev–Trinajstić information content (AvgIpc) is 2.29. The van der Waals surface area contributed by atoms with Gasteiger partial charge in [-0.15, -0.1) is 0 Å². The van der Waals surface area contributed by atoms with Crippen molar-refractivity contribution in [2.24, 2.45) is 0 Å². The molecule has 1 aromatic carbocycles. The largest absolute Gasteiger partial charge is 0.496 e. The van der Waals surface area contributed by atoms with E-state index in [9.17, 15) is 4.79 Å². The van der Waals surface area contributed by atoms with Gasteiger partial charge in [-0.1, -0.05) is 12.1 Å². The Morgan fingerprint density at radius 1 is 1.12 bits per heavy atom. The molecule has 0 aromatic heterocycles. The van der Waals surface area contributed by atoms with E-state index >= 15 is 0 Å². The van der Waals surface area contributed by atoms with E-state index in [1.807, 2.05) is 0 Å². The van der Waals surface area contributed by atoms with Crippen LogP contribution >= 0.6 is 0 Å². The maximum atomic E-state index is 11.3. The molecule has 0 spiro atoms. The summed E-state index contributed by atoms with van der Waals surface area (Å²) in [5.41, 5.74) is 3.76. The summed E-state index contributed by atoms with van der Waals surface area (Å²) in [6.07, 6.45) is 3.50. The van der Waals surface area contributed by atoms with Crippen LogP contribution in [0.3, 0.4) is 0 Å². The molecular formula is C15H20O2. The molecule has 0 N–H and O–H groups in total. The average molecular weight is 232 g/mol. The number of methoxy groups -OCH3 is 1. The molecule has 2 heteroatoms. The van der Waals surface area contributed by atoms with Gasteiger partial charge in [0, 0.05) is 12.8 Å². The van der Waals surface area contributed by atoms with Gasteiger partial charge >= 0.3 is 0 Å². The molecule has 0 amide bonds. The lowest BCUT2D eigenvalue weighted by Gasteiger charge is -2.23. The van der Waals surface area contributed by atoms with Crippen molar-refractivity contribution in [3.8, 4) is 5.75 Å². The van der Waals surface area contributed by atoms with Crippen LogP contribution in [0.4, 0.5) is 0 Å². The normalized spacial score (nSPS) is 17.2. The maximum absolute atomic E-state index is 11.3. The van der Waals surface area contributed by atoms with Gasteiger partial charge in [0.05, 0.1) is 7.11 Å². The molecule has 1 aromatic rings. The van der Waals surface area contributed by atoms with Crippen LogP contribution in [0.15, 0.2) is 12.1 Å². The number of ketones is 1. The Hall–Kier alpha value is -1.31. The summed E-state index contributed by atoms with van der Waals surface area (Å²) in [6, 6.07) is 4.43. The van der Waals surface area contributed by atoms with Crippen LogP contribution in [-0.4, -0.2) is 12.9 Å². The van der Waals surface area contributed by atoms with E-state index in [2.05, 4.69) is 26.0 Å². The van der Waals surface area contributed by atoms with Gasteiger partial charge in [0.1, 0.15) is 11.5 Å². The van der Waals surface area contributed by atoms with Crippen molar-refractivity contribution in [1.82, 2.24) is 0 Å². The Morgan fingerprint density at radius 2 is 1.65 bits per heavy atom. The van der Waals surface area contributed by atoms with E-state index in [1.54, 1.807) is 7.11 Å². The molecular weight excluding hydrogens is 212 g/mol. The molecule has 0 unspecified atom stereocenters. The third kappa shape index (κ3) is 2.51. The van der Waals surface area contributed by atoms with Crippen molar-refractivity contribution in [3.05, 3.63) is 28.8 Å². The Labute approximate surface area is 103 Å². The number of ether oxygens (including phenoxy) is 1. The lowest BCUT2D eigenvalue weighted by Crippen LogP contribution is -2.12. The number of hydrogen-bond donors (Lipinski definition) is 0. The maximum Gasteiger partial charge on any atom is 0.132 e. The summed E-state index contributed by atoms with van der Waals surface area (Å²) in [6.45, 7) is 4.17. The molecule has 0 radical (unpaired) electrons. The molecule has 0 atom stereocenters. The second-order valence-electron chi connectivity index (χ2n) is 5.00. The SMILES string of the molecule is COc1c(C)cc(C2CCC(=O)CC2)cc1C. The first-order chi connectivity index (χ1) is 8.11. The van der Waals surface area contributed by atoms with E-state index in [1.165, 1.54) is 16.7 Å². The number of hydrogen-bond acceptors (Lipinski definition) is 2. The molecule has 0 bridgehead atoms. The molecule has 2 nitrogen and oxygen atoms in total. The first-order valence-corrected chi connectivity index (χ1v) is 6.28. The van der Waals surface area contributed by atoms with Gasteiger partial charge in [-0.2, -0.15) is 0 Å². The third-order valence-electron chi connectivity index (χ3n) is 3.70. The molecule has 17 heavy (non-hydrogen) atoms. The van der Waals surface area contributed by atoms with E-state index < -0.39 is 0 Å². The highest BCUT2D eigenvalue weighted by molar-refractivity contribution is 5.79. The first-order valence-electron chi connectivity index (χ1n) is 6.28. The summed E-state index contributed by atoms with van der Waals surface area (Å²) >= 11 is 0. The molecule has 2 rings (SSSR count). The van der Waals surface area contributed by atoms with Crippen LogP contribution in [0.5, 0.6) is 5.75 Å². The molecule has 92 valence electrons. The van der Waals surface area contributed by atoms with E-state index in [0.29, 0.717) is 11.7 Å². The van der Waals surface area contributed by atoms with Crippen molar-refractivity contribution < 1.29 is 9.53 Å². The molecule has 1 aliphatic rings. The van der Waals surface area contributed by atoms with Crippen LogP contribution in [0.1, 0.15) is 48.3 Å². The second-order valence-corrected chi connectivity index (χ2v) is 5.00. The second kappa shape index (κ2) is 4.91. The summed E-state index contributed by atoms with van der Waals surface area (Å²) in [4.78, 5) is 11.3. The molecule has 1 fully saturated rings. The van der Waals surface area contributed by atoms with Crippen LogP contribution < -0.4 is 4.74 Å². The Morgan fingerprint density at radius 3 is 2.12 bits per heavy atom. The topological polar surface area (TPSA) is 26.3 Å². The summed E-state index contributed by atoms with van der Waals surface area (Å²) in [7, 11) is 1.72. The number of aryl methyl sites for hydroxylation is 2. The molecule has 0 aliphatic heterocycles. The van der Waals surface area contributed by atoms with E-state index in [4.69, 9.17) is 4.74 Å². The van der Waals surface area contributed by atoms with Gasteiger partial charge in [0.25, 0.3) is 0 Å². The fourth-order valence-electron chi connectivity index (χ4n) is 2.81. The standard InChI is InChI=1S/C15H20O2/c1-10-8-13(9-11(2)15(10)17-3)12-4-6-14(16)7-5-12/h8-9,12H,4-7H2,1-3H3. The van der Waals surface area contributed by atoms with E-state index in [0.717, 1.165) is 31.4 Å². The van der Waals surface area contributed by atoms with Crippen molar-refractivity contribution in [1.29, 1.82) is 0 Å². The predicted molar refractivity (Wildman–Crippen MR) is 68.7 cm³/mol. The van der Waals surface area contributed by atoms with Crippen LogP contribution in [0.2, 0.25) is 0 Å². The van der Waals surface area contributed by atoms with Crippen molar-refractivity contribution >= 4 is 5.78 Å². The highest BCUT2D eigenvalue weighted by atomic mass is 16.5. The minimum Gasteiger partial charge on any atom is -0.496 e. The van der Waals surface area contributed by atoms with Gasteiger partial charge in [-0.3, -0.25) is 4.79 Å². The van der Waals surface area contributed by atoms with Crippen LogP contribution in [-0.2, 0) is 4.79 Å². The number of rotatable bonds is 2. The summed E-state index contributed by atoms with van der Waals surface area (Å²) < 4.78 is 5.38. The van der Waals surface area contributed by atoms with Gasteiger partial charge in [-0.05, 0) is 49.3 Å².